The molecule has 1 aromatic carbocycles. The van der Waals surface area contributed by atoms with Crippen molar-refractivity contribution in [2.24, 2.45) is 0 Å². The van der Waals surface area contributed by atoms with Gasteiger partial charge in [-0.05, 0) is 6.92 Å². The van der Waals surface area contributed by atoms with Crippen molar-refractivity contribution in [2.45, 2.75) is 16.9 Å². The van der Waals surface area contributed by atoms with Gasteiger partial charge >= 0.3 is 17.6 Å². The molecule has 0 spiro atoms. The van der Waals surface area contributed by atoms with Crippen molar-refractivity contribution in [1.29, 1.82) is 0 Å². The Morgan fingerprint density at radius 1 is 1.00 bits per heavy atom. The molecular formula is C18H16Cl4F3N5O7. The third kappa shape index (κ3) is 8.55. The molecule has 2 rings (SSSR count). The summed E-state index contributed by atoms with van der Waals surface area (Å²) >= 11 is 23.2. The average molecular weight is 613 g/mol. The van der Waals surface area contributed by atoms with Crippen molar-refractivity contribution < 1.29 is 37.2 Å². The first kappa shape index (κ1) is 30.8. The molecule has 1 aromatic heterocycles. The molecule has 1 heterocycles. The lowest BCUT2D eigenvalue weighted by Crippen LogP contribution is -2.14. The number of benzene rings is 1. The fraction of sp³-hybridized carbons (Fsp3) is 0.444. The smallest absolute Gasteiger partial charge is 0.418 e. The SMILES string of the molecule is CCOCCOCCOc1cc(C(Cl)(Cl)Cl)nc(Nc2c([N+](=O)[O-])cc(C(F)(F)F)c(Cl)c2[N+](=O)[O-])n1. The van der Waals surface area contributed by atoms with Crippen LogP contribution in [-0.2, 0) is 19.4 Å². The summed E-state index contributed by atoms with van der Waals surface area (Å²) in [7, 11) is 0. The molecule has 1 N–H and O–H groups in total. The number of rotatable bonds is 12. The highest BCUT2D eigenvalue weighted by molar-refractivity contribution is 6.66. The maximum Gasteiger partial charge on any atom is 0.418 e. The topological polar surface area (TPSA) is 152 Å². The Labute approximate surface area is 226 Å². The van der Waals surface area contributed by atoms with E-state index in [1.807, 2.05) is 6.92 Å². The normalized spacial score (nSPS) is 11.9. The summed E-state index contributed by atoms with van der Waals surface area (Å²) < 4.78 is 53.5. The molecule has 0 atom stereocenters. The predicted molar refractivity (Wildman–Crippen MR) is 127 cm³/mol. The minimum atomic E-state index is -5.23. The molecule has 0 unspecified atom stereocenters. The Morgan fingerprint density at radius 2 is 1.62 bits per heavy atom. The van der Waals surface area contributed by atoms with E-state index in [4.69, 9.17) is 60.6 Å². The Kier molecular flexibility index (Phi) is 10.7. The van der Waals surface area contributed by atoms with Crippen molar-refractivity contribution in [3.63, 3.8) is 0 Å². The Balaban J connectivity index is 2.49. The standard InChI is InChI=1S/C18H16Cl4F3N5O7/c1-2-35-3-4-36-5-6-37-12-8-11(17(20,21)22)26-16(27-12)28-14-10(29(31)32)7-9(18(23,24)25)13(19)15(14)30(33)34/h7-8H,2-6H2,1H3,(H,26,27,28). The van der Waals surface area contributed by atoms with Crippen LogP contribution in [0.15, 0.2) is 12.1 Å². The molecule has 0 saturated heterocycles. The van der Waals surface area contributed by atoms with Crippen LogP contribution in [-0.4, -0.2) is 52.8 Å². The zero-order chi connectivity index (χ0) is 28.0. The van der Waals surface area contributed by atoms with Gasteiger partial charge in [-0.25, -0.2) is 4.98 Å². The van der Waals surface area contributed by atoms with Gasteiger partial charge in [0.05, 0.1) is 35.2 Å². The number of hydrogen-bond acceptors (Lipinski definition) is 10. The number of aromatic nitrogens is 2. The van der Waals surface area contributed by atoms with Gasteiger partial charge in [-0.2, -0.15) is 18.2 Å². The van der Waals surface area contributed by atoms with Gasteiger partial charge in [0.2, 0.25) is 21.3 Å². The van der Waals surface area contributed by atoms with Gasteiger partial charge in [-0.1, -0.05) is 46.4 Å². The largest absolute Gasteiger partial charge is 0.475 e. The minimum Gasteiger partial charge on any atom is -0.475 e. The molecule has 2 aromatic rings. The molecule has 0 aliphatic heterocycles. The number of nitro benzene ring substituents is 2. The van der Waals surface area contributed by atoms with Crippen molar-refractivity contribution >= 4 is 69.4 Å². The van der Waals surface area contributed by atoms with E-state index in [1.54, 1.807) is 0 Å². The monoisotopic (exact) mass is 611 g/mol. The van der Waals surface area contributed by atoms with Crippen molar-refractivity contribution in [3.8, 4) is 5.88 Å². The van der Waals surface area contributed by atoms with Crippen LogP contribution >= 0.6 is 46.4 Å². The van der Waals surface area contributed by atoms with E-state index in [1.165, 1.54) is 0 Å². The molecule has 0 amide bonds. The second kappa shape index (κ2) is 12.9. The third-order valence-electron chi connectivity index (χ3n) is 4.19. The maximum atomic E-state index is 13.3. The Hall–Kier alpha value is -2.43. The van der Waals surface area contributed by atoms with Gasteiger partial charge in [-0.3, -0.25) is 20.2 Å². The van der Waals surface area contributed by atoms with E-state index in [2.05, 4.69) is 15.3 Å². The highest BCUT2D eigenvalue weighted by Gasteiger charge is 2.42. The van der Waals surface area contributed by atoms with E-state index in [0.717, 1.165) is 6.07 Å². The summed E-state index contributed by atoms with van der Waals surface area (Å²) in [6, 6.07) is 1.13. The minimum absolute atomic E-state index is 0.0352. The second-order valence-electron chi connectivity index (χ2n) is 6.69. The van der Waals surface area contributed by atoms with E-state index in [-0.39, 0.29) is 37.5 Å². The van der Waals surface area contributed by atoms with Gasteiger partial charge in [0.1, 0.15) is 17.3 Å². The number of nitro groups is 2. The quantitative estimate of drug-likeness (QED) is 0.131. The molecule has 0 fully saturated rings. The fourth-order valence-corrected chi connectivity index (χ4v) is 3.27. The van der Waals surface area contributed by atoms with E-state index in [0.29, 0.717) is 13.2 Å². The van der Waals surface area contributed by atoms with Gasteiger partial charge in [0.25, 0.3) is 0 Å². The summed E-state index contributed by atoms with van der Waals surface area (Å²) in [5.41, 5.74) is -5.94. The number of ether oxygens (including phenoxy) is 3. The van der Waals surface area contributed by atoms with Gasteiger partial charge in [-0.15, -0.1) is 0 Å². The number of alkyl halides is 6. The summed E-state index contributed by atoms with van der Waals surface area (Å²) in [6.07, 6.45) is -5.23. The lowest BCUT2D eigenvalue weighted by atomic mass is 10.1. The highest BCUT2D eigenvalue weighted by Crippen LogP contribution is 2.48. The summed E-state index contributed by atoms with van der Waals surface area (Å²) in [4.78, 5) is 28.2. The predicted octanol–water partition coefficient (Wildman–Crippen LogP) is 5.97. The highest BCUT2D eigenvalue weighted by atomic mass is 35.6. The first-order valence-corrected chi connectivity index (χ1v) is 11.4. The maximum absolute atomic E-state index is 13.3. The molecule has 0 bridgehead atoms. The summed E-state index contributed by atoms with van der Waals surface area (Å²) in [6.45, 7) is 2.95. The van der Waals surface area contributed by atoms with Crippen LogP contribution in [0.4, 0.5) is 36.2 Å². The molecule has 204 valence electrons. The number of nitrogens with one attached hydrogen (secondary N) is 1. The van der Waals surface area contributed by atoms with E-state index >= 15 is 0 Å². The molecule has 0 aliphatic rings. The third-order valence-corrected chi connectivity index (χ3v) is 5.15. The van der Waals surface area contributed by atoms with Crippen LogP contribution in [0.2, 0.25) is 5.02 Å². The first-order chi connectivity index (χ1) is 17.2. The number of halogens is 7. The Bertz CT molecular complexity index is 1150. The van der Waals surface area contributed by atoms with Crippen LogP contribution < -0.4 is 10.1 Å². The van der Waals surface area contributed by atoms with Crippen molar-refractivity contribution in [3.05, 3.63) is 48.6 Å². The molecular weight excluding hydrogens is 597 g/mol. The van der Waals surface area contributed by atoms with Crippen LogP contribution in [0.25, 0.3) is 0 Å². The Morgan fingerprint density at radius 3 is 2.16 bits per heavy atom. The van der Waals surface area contributed by atoms with Crippen molar-refractivity contribution in [2.75, 3.05) is 38.4 Å². The molecule has 12 nitrogen and oxygen atoms in total. The summed E-state index contributed by atoms with van der Waals surface area (Å²) in [5, 5.41) is 23.8. The second-order valence-corrected chi connectivity index (χ2v) is 9.35. The van der Waals surface area contributed by atoms with E-state index in [9.17, 15) is 33.4 Å². The number of hydrogen-bond donors (Lipinski definition) is 1. The summed E-state index contributed by atoms with van der Waals surface area (Å²) in [5.74, 6) is -0.895. The lowest BCUT2D eigenvalue weighted by Gasteiger charge is -2.16. The van der Waals surface area contributed by atoms with Crippen LogP contribution in [0.1, 0.15) is 18.2 Å². The van der Waals surface area contributed by atoms with E-state index < -0.39 is 53.4 Å². The van der Waals surface area contributed by atoms with Gasteiger partial charge < -0.3 is 19.5 Å². The zero-order valence-electron chi connectivity index (χ0n) is 18.5. The van der Waals surface area contributed by atoms with Gasteiger partial charge in [0, 0.05) is 18.7 Å². The van der Waals surface area contributed by atoms with Crippen LogP contribution in [0.5, 0.6) is 5.88 Å². The zero-order valence-corrected chi connectivity index (χ0v) is 21.5. The first-order valence-electron chi connectivity index (χ1n) is 9.90. The lowest BCUT2D eigenvalue weighted by molar-refractivity contribution is -0.392. The molecule has 37 heavy (non-hydrogen) atoms. The van der Waals surface area contributed by atoms with Crippen LogP contribution in [0, 0.1) is 20.2 Å². The van der Waals surface area contributed by atoms with Crippen LogP contribution in [0.3, 0.4) is 0 Å². The fourth-order valence-electron chi connectivity index (χ4n) is 2.66. The van der Waals surface area contributed by atoms with Gasteiger partial charge in [0.15, 0.2) is 0 Å². The molecule has 0 saturated carbocycles. The molecule has 0 radical (unpaired) electrons. The van der Waals surface area contributed by atoms with Crippen molar-refractivity contribution in [1.82, 2.24) is 9.97 Å². The number of anilines is 2. The molecule has 0 aliphatic carbocycles. The average Bonchev–Trinajstić information content (AvgIpc) is 2.76. The number of nitrogens with zero attached hydrogens (tertiary/aromatic N) is 4. The molecule has 19 heteroatoms.